The monoisotopic (exact) mass is 390 g/mol. The molecule has 7 heteroatoms. The number of halogens is 1. The second-order valence-electron chi connectivity index (χ2n) is 7.75. The Balaban J connectivity index is 1.43. The summed E-state index contributed by atoms with van der Waals surface area (Å²) in [5, 5.41) is 2.77. The number of carbonyl (C=O) groups excluding carboxylic acids is 2. The molecule has 0 aliphatic carbocycles. The van der Waals surface area contributed by atoms with Crippen LogP contribution in [-0.4, -0.2) is 72.5 Å². The third kappa shape index (κ3) is 5.67. The van der Waals surface area contributed by atoms with Crippen LogP contribution in [0.3, 0.4) is 0 Å². The highest BCUT2D eigenvalue weighted by Crippen LogP contribution is 2.22. The average molecular weight is 391 g/mol. The van der Waals surface area contributed by atoms with Crippen LogP contribution < -0.4 is 5.32 Å². The van der Waals surface area contributed by atoms with Gasteiger partial charge < -0.3 is 20.0 Å². The molecule has 1 unspecified atom stereocenters. The predicted molar refractivity (Wildman–Crippen MR) is 108 cm³/mol. The number of likely N-dealkylation sites (N-methyl/N-ethyl adjacent to an activating group) is 1. The zero-order valence-corrected chi connectivity index (χ0v) is 16.7. The van der Waals surface area contributed by atoms with Crippen molar-refractivity contribution < 1.29 is 14.0 Å². The van der Waals surface area contributed by atoms with Crippen LogP contribution in [0.4, 0.5) is 14.9 Å². The standard InChI is InChI=1S/C21H31FN4O2/c1-2-24-11-13-25(14-12-24)20(27)9-8-17-5-4-10-26(16-17)21(28)23-19-7-3-6-18(22)15-19/h3,6-7,15,17H,2,4-5,8-14,16H2,1H3,(H,23,28). The molecule has 0 aromatic heterocycles. The molecular weight excluding hydrogens is 359 g/mol. The van der Waals surface area contributed by atoms with E-state index in [4.69, 9.17) is 0 Å². The van der Waals surface area contributed by atoms with Gasteiger partial charge in [0.05, 0.1) is 0 Å². The second kappa shape index (κ2) is 9.87. The summed E-state index contributed by atoms with van der Waals surface area (Å²) in [7, 11) is 0. The van der Waals surface area contributed by atoms with E-state index in [9.17, 15) is 14.0 Å². The van der Waals surface area contributed by atoms with Crippen LogP contribution in [0.5, 0.6) is 0 Å². The SMILES string of the molecule is CCN1CCN(C(=O)CCC2CCCN(C(=O)Nc3cccc(F)c3)C2)CC1. The number of benzene rings is 1. The number of piperidine rings is 1. The zero-order chi connectivity index (χ0) is 19.9. The van der Waals surface area contributed by atoms with Crippen molar-refractivity contribution in [2.45, 2.75) is 32.6 Å². The Kier molecular flexibility index (Phi) is 7.25. The Morgan fingerprint density at radius 3 is 2.64 bits per heavy atom. The van der Waals surface area contributed by atoms with Gasteiger partial charge in [0.15, 0.2) is 0 Å². The Morgan fingerprint density at radius 2 is 1.93 bits per heavy atom. The first-order chi connectivity index (χ1) is 13.5. The number of amides is 3. The molecule has 154 valence electrons. The number of piperazine rings is 1. The van der Waals surface area contributed by atoms with Gasteiger partial charge in [0.25, 0.3) is 0 Å². The van der Waals surface area contributed by atoms with E-state index in [1.54, 1.807) is 17.0 Å². The van der Waals surface area contributed by atoms with E-state index < -0.39 is 0 Å². The topological polar surface area (TPSA) is 55.9 Å². The maximum absolute atomic E-state index is 13.3. The minimum Gasteiger partial charge on any atom is -0.340 e. The van der Waals surface area contributed by atoms with Gasteiger partial charge in [-0.05, 0) is 49.9 Å². The summed E-state index contributed by atoms with van der Waals surface area (Å²) < 4.78 is 13.3. The predicted octanol–water partition coefficient (Wildman–Crippen LogP) is 3.01. The quantitative estimate of drug-likeness (QED) is 0.841. The number of likely N-dealkylation sites (tertiary alicyclic amines) is 1. The molecule has 2 heterocycles. The van der Waals surface area contributed by atoms with Crippen LogP contribution in [0.2, 0.25) is 0 Å². The Hall–Kier alpha value is -2.15. The van der Waals surface area contributed by atoms with Gasteiger partial charge in [-0.2, -0.15) is 0 Å². The van der Waals surface area contributed by atoms with E-state index in [0.717, 1.165) is 52.0 Å². The van der Waals surface area contributed by atoms with E-state index in [2.05, 4.69) is 17.1 Å². The average Bonchev–Trinajstić information content (AvgIpc) is 2.72. The van der Waals surface area contributed by atoms with Crippen LogP contribution >= 0.6 is 0 Å². The van der Waals surface area contributed by atoms with Crippen molar-refractivity contribution in [3.8, 4) is 0 Å². The van der Waals surface area contributed by atoms with E-state index in [0.29, 0.717) is 31.1 Å². The summed E-state index contributed by atoms with van der Waals surface area (Å²) in [6.07, 6.45) is 3.35. The third-order valence-electron chi connectivity index (χ3n) is 5.82. The van der Waals surface area contributed by atoms with Gasteiger partial charge in [-0.15, -0.1) is 0 Å². The van der Waals surface area contributed by atoms with Gasteiger partial charge in [-0.25, -0.2) is 9.18 Å². The van der Waals surface area contributed by atoms with Crippen LogP contribution in [0.15, 0.2) is 24.3 Å². The number of hydrogen-bond acceptors (Lipinski definition) is 3. The first-order valence-electron chi connectivity index (χ1n) is 10.4. The molecule has 0 spiro atoms. The van der Waals surface area contributed by atoms with Crippen LogP contribution in [0.1, 0.15) is 32.6 Å². The molecule has 2 saturated heterocycles. The van der Waals surface area contributed by atoms with Gasteiger partial charge in [0, 0.05) is 51.4 Å². The minimum atomic E-state index is -0.368. The summed E-state index contributed by atoms with van der Waals surface area (Å²) in [6, 6.07) is 5.73. The maximum atomic E-state index is 13.3. The van der Waals surface area contributed by atoms with E-state index in [-0.39, 0.29) is 17.8 Å². The maximum Gasteiger partial charge on any atom is 0.321 e. The molecule has 3 amide bonds. The number of hydrogen-bond donors (Lipinski definition) is 1. The fourth-order valence-corrected chi connectivity index (χ4v) is 4.05. The second-order valence-corrected chi connectivity index (χ2v) is 7.75. The molecule has 2 aliphatic heterocycles. The summed E-state index contributed by atoms with van der Waals surface area (Å²) in [4.78, 5) is 31.1. The number of nitrogens with zero attached hydrogens (tertiary/aromatic N) is 3. The molecule has 0 saturated carbocycles. The molecule has 1 N–H and O–H groups in total. The van der Waals surface area contributed by atoms with Gasteiger partial charge >= 0.3 is 6.03 Å². The highest BCUT2D eigenvalue weighted by atomic mass is 19.1. The lowest BCUT2D eigenvalue weighted by atomic mass is 9.93. The van der Waals surface area contributed by atoms with Crippen molar-refractivity contribution >= 4 is 17.6 Å². The fraction of sp³-hybridized carbons (Fsp3) is 0.619. The number of nitrogens with one attached hydrogen (secondary N) is 1. The summed E-state index contributed by atoms with van der Waals surface area (Å²) >= 11 is 0. The van der Waals surface area contributed by atoms with Crippen molar-refractivity contribution in [2.24, 2.45) is 5.92 Å². The summed E-state index contributed by atoms with van der Waals surface area (Å²) in [6.45, 7) is 8.09. The van der Waals surface area contributed by atoms with Crippen LogP contribution in [0, 0.1) is 11.7 Å². The number of rotatable bonds is 5. The van der Waals surface area contributed by atoms with E-state index in [1.807, 2.05) is 4.90 Å². The molecule has 28 heavy (non-hydrogen) atoms. The fourth-order valence-electron chi connectivity index (χ4n) is 4.05. The molecule has 2 fully saturated rings. The van der Waals surface area contributed by atoms with Crippen molar-refractivity contribution in [1.82, 2.24) is 14.7 Å². The molecule has 2 aliphatic rings. The zero-order valence-electron chi connectivity index (χ0n) is 16.7. The van der Waals surface area contributed by atoms with Crippen molar-refractivity contribution in [3.05, 3.63) is 30.1 Å². The van der Waals surface area contributed by atoms with Gasteiger partial charge in [-0.3, -0.25) is 4.79 Å². The number of urea groups is 1. The molecule has 0 bridgehead atoms. The first kappa shape index (κ1) is 20.6. The number of anilines is 1. The van der Waals surface area contributed by atoms with Crippen LogP contribution in [0.25, 0.3) is 0 Å². The minimum absolute atomic E-state index is 0.197. The largest absolute Gasteiger partial charge is 0.340 e. The Morgan fingerprint density at radius 1 is 1.14 bits per heavy atom. The lowest BCUT2D eigenvalue weighted by Crippen LogP contribution is -2.48. The Bertz CT molecular complexity index is 676. The van der Waals surface area contributed by atoms with Crippen molar-refractivity contribution in [2.75, 3.05) is 51.1 Å². The highest BCUT2D eigenvalue weighted by Gasteiger charge is 2.26. The van der Waals surface area contributed by atoms with E-state index in [1.165, 1.54) is 12.1 Å². The molecule has 1 atom stereocenters. The number of carbonyl (C=O) groups is 2. The van der Waals surface area contributed by atoms with Gasteiger partial charge in [-0.1, -0.05) is 13.0 Å². The molecule has 6 nitrogen and oxygen atoms in total. The van der Waals surface area contributed by atoms with Crippen molar-refractivity contribution in [1.29, 1.82) is 0 Å². The molecule has 3 rings (SSSR count). The molecular formula is C21H31FN4O2. The van der Waals surface area contributed by atoms with Crippen molar-refractivity contribution in [3.63, 3.8) is 0 Å². The van der Waals surface area contributed by atoms with Gasteiger partial charge in [0.1, 0.15) is 5.82 Å². The first-order valence-corrected chi connectivity index (χ1v) is 10.4. The lowest BCUT2D eigenvalue weighted by molar-refractivity contribution is -0.133. The Labute approximate surface area is 166 Å². The van der Waals surface area contributed by atoms with Gasteiger partial charge in [0.2, 0.25) is 5.91 Å². The molecule has 1 aromatic rings. The molecule has 1 aromatic carbocycles. The lowest BCUT2D eigenvalue weighted by Gasteiger charge is -2.35. The van der Waals surface area contributed by atoms with Crippen LogP contribution in [-0.2, 0) is 4.79 Å². The molecule has 0 radical (unpaired) electrons. The summed E-state index contributed by atoms with van der Waals surface area (Å²) in [5.41, 5.74) is 0.466. The third-order valence-corrected chi connectivity index (χ3v) is 5.82. The van der Waals surface area contributed by atoms with E-state index >= 15 is 0 Å². The highest BCUT2D eigenvalue weighted by molar-refractivity contribution is 5.89. The summed E-state index contributed by atoms with van der Waals surface area (Å²) in [5.74, 6) is 0.206. The smallest absolute Gasteiger partial charge is 0.321 e. The normalized spacial score (nSPS) is 20.9.